The molecule has 1 unspecified atom stereocenters. The number of aliphatic imine (C=N–C) groups is 1. The normalized spacial score (nSPS) is 15.8. The van der Waals surface area contributed by atoms with Gasteiger partial charge in [-0.2, -0.15) is 5.10 Å². The topological polar surface area (TPSA) is 43.1 Å². The Bertz CT molecular complexity index is 1130. The summed E-state index contributed by atoms with van der Waals surface area (Å²) in [5.41, 5.74) is 6.62. The van der Waals surface area contributed by atoms with Crippen molar-refractivity contribution in [3.05, 3.63) is 102 Å². The zero-order valence-electron chi connectivity index (χ0n) is 15.7. The Hall–Kier alpha value is -3.53. The number of benzene rings is 2. The minimum Gasteiger partial charge on any atom is -0.264 e. The summed E-state index contributed by atoms with van der Waals surface area (Å²) in [6.07, 6.45) is 4.53. The average molecular weight is 364 g/mol. The van der Waals surface area contributed by atoms with Crippen LogP contribution in [0.15, 0.2) is 90.2 Å². The summed E-state index contributed by atoms with van der Waals surface area (Å²) < 4.78 is 2.07. The fourth-order valence-electron chi connectivity index (χ4n) is 3.89. The van der Waals surface area contributed by atoms with Crippen molar-refractivity contribution >= 4 is 11.5 Å². The number of pyridine rings is 1. The monoisotopic (exact) mass is 364 g/mol. The molecular formula is C24H20N4. The third-order valence-electron chi connectivity index (χ3n) is 5.22. The maximum absolute atomic E-state index is 5.09. The van der Waals surface area contributed by atoms with E-state index in [1.54, 1.807) is 0 Å². The van der Waals surface area contributed by atoms with Crippen molar-refractivity contribution in [1.82, 2.24) is 14.8 Å². The molecule has 0 saturated carbocycles. The molecule has 0 saturated heterocycles. The van der Waals surface area contributed by atoms with Gasteiger partial charge in [-0.25, -0.2) is 9.67 Å². The Morgan fingerprint density at radius 2 is 1.57 bits per heavy atom. The van der Waals surface area contributed by atoms with Gasteiger partial charge in [0.05, 0.1) is 17.4 Å². The number of hydrogen-bond donors (Lipinski definition) is 0. The van der Waals surface area contributed by atoms with Crippen LogP contribution in [-0.4, -0.2) is 20.5 Å². The first-order chi connectivity index (χ1) is 13.8. The highest BCUT2D eigenvalue weighted by Gasteiger charge is 2.29. The lowest BCUT2D eigenvalue weighted by molar-refractivity contribution is 0.528. The summed E-state index contributed by atoms with van der Waals surface area (Å²) in [5.74, 6) is 0.919. The van der Waals surface area contributed by atoms with Gasteiger partial charge in [-0.1, -0.05) is 66.7 Å². The molecular weight excluding hydrogens is 344 g/mol. The van der Waals surface area contributed by atoms with Crippen LogP contribution in [0.1, 0.15) is 29.3 Å². The molecule has 0 fully saturated rings. The van der Waals surface area contributed by atoms with E-state index in [-0.39, 0.29) is 6.04 Å². The Morgan fingerprint density at radius 1 is 0.857 bits per heavy atom. The number of aryl methyl sites for hydroxylation is 1. The van der Waals surface area contributed by atoms with Gasteiger partial charge in [-0.3, -0.25) is 4.98 Å². The Morgan fingerprint density at radius 3 is 2.25 bits per heavy atom. The molecule has 0 aliphatic carbocycles. The van der Waals surface area contributed by atoms with Crippen molar-refractivity contribution in [3.8, 4) is 11.1 Å². The summed E-state index contributed by atoms with van der Waals surface area (Å²) in [6.45, 7) is 2.06. The molecule has 0 amide bonds. The van der Waals surface area contributed by atoms with E-state index in [2.05, 4.69) is 71.2 Å². The van der Waals surface area contributed by atoms with Gasteiger partial charge in [0.25, 0.3) is 0 Å². The van der Waals surface area contributed by atoms with Gasteiger partial charge < -0.3 is 0 Å². The van der Waals surface area contributed by atoms with Crippen LogP contribution in [0.3, 0.4) is 0 Å². The molecule has 5 rings (SSSR count). The molecule has 1 atom stereocenters. The third-order valence-corrected chi connectivity index (χ3v) is 5.22. The van der Waals surface area contributed by atoms with E-state index >= 15 is 0 Å². The smallest absolute Gasteiger partial charge is 0.159 e. The van der Waals surface area contributed by atoms with Crippen LogP contribution < -0.4 is 0 Å². The maximum Gasteiger partial charge on any atom is 0.159 e. The van der Waals surface area contributed by atoms with Crippen molar-refractivity contribution in [2.45, 2.75) is 19.4 Å². The van der Waals surface area contributed by atoms with Crippen LogP contribution >= 0.6 is 0 Å². The quantitative estimate of drug-likeness (QED) is 0.491. The molecule has 4 nitrogen and oxygen atoms in total. The van der Waals surface area contributed by atoms with Gasteiger partial charge in [0.1, 0.15) is 0 Å². The summed E-state index contributed by atoms with van der Waals surface area (Å²) >= 11 is 0. The SMILES string of the molecule is Cc1nn2c(c1-c1ccccc1)N=C(c1ccccc1)CC2c1cccnc1. The van der Waals surface area contributed by atoms with Gasteiger partial charge in [0, 0.05) is 24.4 Å². The molecule has 28 heavy (non-hydrogen) atoms. The van der Waals surface area contributed by atoms with Gasteiger partial charge in [-0.05, 0) is 29.7 Å². The summed E-state index contributed by atoms with van der Waals surface area (Å²) in [5, 5.41) is 4.90. The Labute approximate surface area is 164 Å². The highest BCUT2D eigenvalue weighted by atomic mass is 15.4. The van der Waals surface area contributed by atoms with Gasteiger partial charge in [-0.15, -0.1) is 0 Å². The molecule has 4 aromatic rings. The number of rotatable bonds is 3. The van der Waals surface area contributed by atoms with Crippen LogP contribution in [0.25, 0.3) is 11.1 Å². The molecule has 136 valence electrons. The maximum atomic E-state index is 5.09. The van der Waals surface area contributed by atoms with Crippen molar-refractivity contribution in [1.29, 1.82) is 0 Å². The molecule has 0 spiro atoms. The molecule has 4 heteroatoms. The number of aromatic nitrogens is 3. The van der Waals surface area contributed by atoms with Gasteiger partial charge in [0.15, 0.2) is 5.82 Å². The second-order valence-corrected chi connectivity index (χ2v) is 7.03. The van der Waals surface area contributed by atoms with E-state index in [1.165, 1.54) is 0 Å². The van der Waals surface area contributed by atoms with Crippen LogP contribution in [0.5, 0.6) is 0 Å². The first kappa shape index (κ1) is 16.6. The lowest BCUT2D eigenvalue weighted by atomic mass is 9.96. The molecule has 0 radical (unpaired) electrons. The van der Waals surface area contributed by atoms with Crippen molar-refractivity contribution in [2.75, 3.05) is 0 Å². The molecule has 0 N–H and O–H groups in total. The first-order valence-electron chi connectivity index (χ1n) is 9.48. The predicted octanol–water partition coefficient (Wildman–Crippen LogP) is 5.37. The summed E-state index contributed by atoms with van der Waals surface area (Å²) in [4.78, 5) is 9.42. The molecule has 2 aromatic carbocycles. The van der Waals surface area contributed by atoms with E-state index < -0.39 is 0 Å². The zero-order valence-corrected chi connectivity index (χ0v) is 15.7. The fourth-order valence-corrected chi connectivity index (χ4v) is 3.89. The Kier molecular flexibility index (Phi) is 4.09. The molecule has 2 aromatic heterocycles. The summed E-state index contributed by atoms with van der Waals surface area (Å²) in [6, 6.07) is 25.0. The van der Waals surface area contributed by atoms with E-state index in [4.69, 9.17) is 10.1 Å². The highest BCUT2D eigenvalue weighted by Crippen LogP contribution is 2.41. The first-order valence-corrected chi connectivity index (χ1v) is 9.48. The van der Waals surface area contributed by atoms with Gasteiger partial charge in [0.2, 0.25) is 0 Å². The minimum absolute atomic E-state index is 0.0765. The largest absolute Gasteiger partial charge is 0.264 e. The average Bonchev–Trinajstić information content (AvgIpc) is 3.10. The standard InChI is InChI=1S/C24H20N4/c1-17-23(19-11-6-3-7-12-19)24-26-21(18-9-4-2-5-10-18)15-22(28(24)27-17)20-13-8-14-25-16-20/h2-14,16,22H,15H2,1H3. The third kappa shape index (κ3) is 2.83. The summed E-state index contributed by atoms with van der Waals surface area (Å²) in [7, 11) is 0. The van der Waals surface area contributed by atoms with E-state index in [0.717, 1.165) is 45.9 Å². The second kappa shape index (κ2) is 6.89. The lowest BCUT2D eigenvalue weighted by Crippen LogP contribution is -2.21. The lowest BCUT2D eigenvalue weighted by Gasteiger charge is -2.25. The minimum atomic E-state index is 0.0765. The van der Waals surface area contributed by atoms with Crippen LogP contribution in [0.2, 0.25) is 0 Å². The molecule has 1 aliphatic heterocycles. The van der Waals surface area contributed by atoms with Crippen LogP contribution in [-0.2, 0) is 0 Å². The van der Waals surface area contributed by atoms with E-state index in [9.17, 15) is 0 Å². The van der Waals surface area contributed by atoms with E-state index in [0.29, 0.717) is 0 Å². The van der Waals surface area contributed by atoms with Crippen molar-refractivity contribution in [3.63, 3.8) is 0 Å². The molecule has 0 bridgehead atoms. The number of fused-ring (bicyclic) bond motifs is 1. The Balaban J connectivity index is 1.73. The molecule has 1 aliphatic rings. The van der Waals surface area contributed by atoms with E-state index in [1.807, 2.05) is 30.6 Å². The predicted molar refractivity (Wildman–Crippen MR) is 112 cm³/mol. The number of nitrogens with zero attached hydrogens (tertiary/aromatic N) is 4. The zero-order chi connectivity index (χ0) is 18.9. The fraction of sp³-hybridized carbons (Fsp3) is 0.125. The van der Waals surface area contributed by atoms with Crippen molar-refractivity contribution < 1.29 is 0 Å². The number of hydrogen-bond acceptors (Lipinski definition) is 3. The van der Waals surface area contributed by atoms with Crippen LogP contribution in [0.4, 0.5) is 5.82 Å². The van der Waals surface area contributed by atoms with Crippen LogP contribution in [0, 0.1) is 6.92 Å². The molecule has 3 heterocycles. The van der Waals surface area contributed by atoms with Gasteiger partial charge >= 0.3 is 0 Å². The second-order valence-electron chi connectivity index (χ2n) is 7.03. The van der Waals surface area contributed by atoms with Crippen molar-refractivity contribution in [2.24, 2.45) is 4.99 Å². The highest BCUT2D eigenvalue weighted by molar-refractivity contribution is 6.04.